The Hall–Kier alpha value is -0.740. The maximum Gasteiger partial charge on any atom is 0.175 e. The molecule has 1 aromatic heterocycles. The third kappa shape index (κ3) is 2.44. The lowest BCUT2D eigenvalue weighted by Gasteiger charge is -2.20. The summed E-state index contributed by atoms with van der Waals surface area (Å²) in [4.78, 5) is 12.9. The third-order valence-corrected chi connectivity index (χ3v) is 3.56. The molecule has 7 heteroatoms. The lowest BCUT2D eigenvalue weighted by Crippen LogP contribution is -2.37. The monoisotopic (exact) mass is 334 g/mol. The Kier molecular flexibility index (Phi) is 3.62. The van der Waals surface area contributed by atoms with Crippen molar-refractivity contribution in [2.45, 2.75) is 25.8 Å². The van der Waals surface area contributed by atoms with Crippen LogP contribution in [-0.4, -0.2) is 20.8 Å². The van der Waals surface area contributed by atoms with Crippen molar-refractivity contribution in [1.82, 2.24) is 15.0 Å². The van der Waals surface area contributed by atoms with Crippen molar-refractivity contribution >= 4 is 37.6 Å². The fourth-order valence-electron chi connectivity index (χ4n) is 0.921. The second kappa shape index (κ2) is 4.41. The summed E-state index contributed by atoms with van der Waals surface area (Å²) in [7, 11) is 0. The van der Waals surface area contributed by atoms with Crippen molar-refractivity contribution in [3.63, 3.8) is 0 Å². The summed E-state index contributed by atoms with van der Waals surface area (Å²) in [6.45, 7) is 3.34. The van der Waals surface area contributed by atoms with Gasteiger partial charge < -0.3 is 0 Å². The summed E-state index contributed by atoms with van der Waals surface area (Å²) >= 11 is 6.36. The molecular formula is C8H8Br2N4O. The highest BCUT2D eigenvalue weighted by Gasteiger charge is 2.32. The molecule has 0 fully saturated rings. The van der Waals surface area contributed by atoms with E-state index in [2.05, 4.69) is 42.1 Å². The zero-order valence-corrected chi connectivity index (χ0v) is 11.3. The third-order valence-electron chi connectivity index (χ3n) is 1.96. The Morgan fingerprint density at radius 3 is 2.33 bits per heavy atom. The van der Waals surface area contributed by atoms with Crippen LogP contribution in [0.1, 0.15) is 20.3 Å². The molecule has 5 nitrogen and oxygen atoms in total. The van der Waals surface area contributed by atoms with E-state index >= 15 is 0 Å². The fraction of sp³-hybridized carbons (Fsp3) is 0.500. The Morgan fingerprint density at radius 2 is 1.93 bits per heavy atom. The SMILES string of the molecule is CC(C)(C(=O)CC#N)n1nc(Br)c(Br)n1. The molecule has 15 heavy (non-hydrogen) atoms. The molecule has 0 amide bonds. The molecule has 0 unspecified atom stereocenters. The minimum Gasteiger partial charge on any atom is -0.296 e. The van der Waals surface area contributed by atoms with E-state index in [4.69, 9.17) is 5.26 Å². The van der Waals surface area contributed by atoms with Gasteiger partial charge in [0, 0.05) is 0 Å². The van der Waals surface area contributed by atoms with Crippen molar-refractivity contribution in [1.29, 1.82) is 5.26 Å². The smallest absolute Gasteiger partial charge is 0.175 e. The molecule has 0 bridgehead atoms. The molecule has 0 aliphatic heterocycles. The van der Waals surface area contributed by atoms with E-state index < -0.39 is 5.54 Å². The second-order valence-corrected chi connectivity index (χ2v) is 4.89. The molecule has 0 radical (unpaired) electrons. The number of Topliss-reactive ketones (excluding diaryl/α,β-unsaturated/α-hetero) is 1. The topological polar surface area (TPSA) is 71.6 Å². The van der Waals surface area contributed by atoms with E-state index in [0.29, 0.717) is 9.21 Å². The lowest BCUT2D eigenvalue weighted by molar-refractivity contribution is -0.126. The van der Waals surface area contributed by atoms with Gasteiger partial charge in [-0.25, -0.2) is 0 Å². The number of ketones is 1. The van der Waals surface area contributed by atoms with Gasteiger partial charge in [0.05, 0.1) is 12.5 Å². The Bertz CT molecular complexity index is 413. The largest absolute Gasteiger partial charge is 0.296 e. The molecule has 0 spiro atoms. The summed E-state index contributed by atoms with van der Waals surface area (Å²) in [6, 6.07) is 1.82. The van der Waals surface area contributed by atoms with E-state index in [1.165, 1.54) is 4.80 Å². The fourth-order valence-corrected chi connectivity index (χ4v) is 1.38. The molecule has 0 aromatic carbocycles. The summed E-state index contributed by atoms with van der Waals surface area (Å²) in [5.74, 6) is -0.222. The summed E-state index contributed by atoms with van der Waals surface area (Å²) in [5.41, 5.74) is -0.912. The Labute approximate surface area is 104 Å². The quantitative estimate of drug-likeness (QED) is 0.847. The molecule has 0 N–H and O–H groups in total. The van der Waals surface area contributed by atoms with Gasteiger partial charge in [0.15, 0.2) is 15.0 Å². The van der Waals surface area contributed by atoms with Gasteiger partial charge in [0.1, 0.15) is 5.54 Å². The van der Waals surface area contributed by atoms with Crippen molar-refractivity contribution in [2.75, 3.05) is 0 Å². The highest BCUT2D eigenvalue weighted by Crippen LogP contribution is 2.22. The number of aromatic nitrogens is 3. The van der Waals surface area contributed by atoms with Gasteiger partial charge in [-0.15, -0.1) is 10.2 Å². The number of hydrogen-bond donors (Lipinski definition) is 0. The average Bonchev–Trinajstić information content (AvgIpc) is 2.48. The van der Waals surface area contributed by atoms with E-state index in [9.17, 15) is 4.79 Å². The van der Waals surface area contributed by atoms with Gasteiger partial charge in [-0.1, -0.05) is 0 Å². The Balaban J connectivity index is 3.06. The number of nitriles is 1. The first kappa shape index (κ1) is 12.3. The van der Waals surface area contributed by atoms with Gasteiger partial charge in [0.25, 0.3) is 0 Å². The normalized spacial score (nSPS) is 11.1. The van der Waals surface area contributed by atoms with Crippen molar-refractivity contribution in [3.05, 3.63) is 9.21 Å². The minimum atomic E-state index is -0.912. The predicted octanol–water partition coefficient (Wildman–Crippen LogP) is 2.02. The van der Waals surface area contributed by atoms with E-state index in [0.717, 1.165) is 0 Å². The molecule has 0 aliphatic rings. The molecule has 0 atom stereocenters. The van der Waals surface area contributed by atoms with Crippen LogP contribution in [0.4, 0.5) is 0 Å². The van der Waals surface area contributed by atoms with Crippen LogP contribution in [0.2, 0.25) is 0 Å². The molecule has 1 aromatic rings. The number of hydrogen-bond acceptors (Lipinski definition) is 4. The van der Waals surface area contributed by atoms with Gasteiger partial charge in [-0.3, -0.25) is 4.79 Å². The van der Waals surface area contributed by atoms with Crippen molar-refractivity contribution in [2.24, 2.45) is 0 Å². The van der Waals surface area contributed by atoms with Gasteiger partial charge in [0.2, 0.25) is 0 Å². The average molecular weight is 336 g/mol. The van der Waals surface area contributed by atoms with Crippen molar-refractivity contribution < 1.29 is 4.79 Å². The Morgan fingerprint density at radius 1 is 1.47 bits per heavy atom. The van der Waals surface area contributed by atoms with Crippen LogP contribution in [0.5, 0.6) is 0 Å². The van der Waals surface area contributed by atoms with Crippen LogP contribution < -0.4 is 0 Å². The zero-order valence-electron chi connectivity index (χ0n) is 8.16. The minimum absolute atomic E-state index is 0.149. The summed E-state index contributed by atoms with van der Waals surface area (Å²) in [5, 5.41) is 16.5. The van der Waals surface area contributed by atoms with Crippen LogP contribution >= 0.6 is 31.9 Å². The second-order valence-electron chi connectivity index (χ2n) is 3.39. The maximum absolute atomic E-state index is 11.6. The van der Waals surface area contributed by atoms with Gasteiger partial charge in [-0.2, -0.15) is 10.1 Å². The number of halogens is 2. The molecule has 0 saturated carbocycles. The molecule has 80 valence electrons. The van der Waals surface area contributed by atoms with Crippen LogP contribution in [0.25, 0.3) is 0 Å². The van der Waals surface area contributed by atoms with Gasteiger partial charge >= 0.3 is 0 Å². The van der Waals surface area contributed by atoms with Gasteiger partial charge in [-0.05, 0) is 45.7 Å². The number of nitrogens with zero attached hydrogens (tertiary/aromatic N) is 4. The predicted molar refractivity (Wildman–Crippen MR) is 60.0 cm³/mol. The number of rotatable bonds is 3. The number of carbonyl (C=O) groups excluding carboxylic acids is 1. The first-order chi connectivity index (χ1) is 6.89. The molecule has 1 heterocycles. The molecule has 0 aliphatic carbocycles. The van der Waals surface area contributed by atoms with E-state index in [-0.39, 0.29) is 12.2 Å². The first-order valence-electron chi connectivity index (χ1n) is 4.08. The zero-order chi connectivity index (χ0) is 11.6. The molecular weight excluding hydrogens is 328 g/mol. The molecule has 1 rings (SSSR count). The maximum atomic E-state index is 11.6. The first-order valence-corrected chi connectivity index (χ1v) is 5.67. The number of carbonyl (C=O) groups is 1. The standard InChI is InChI=1S/C8H8Br2N4O/c1-8(2,5(15)3-4-11)14-12-6(9)7(10)13-14/h3H2,1-2H3. The highest BCUT2D eigenvalue weighted by molar-refractivity contribution is 9.13. The van der Waals surface area contributed by atoms with Crippen LogP contribution in [0.3, 0.4) is 0 Å². The lowest BCUT2D eigenvalue weighted by atomic mass is 9.98. The van der Waals surface area contributed by atoms with Crippen LogP contribution in [0.15, 0.2) is 9.21 Å². The molecule has 0 saturated heterocycles. The summed E-state index contributed by atoms with van der Waals surface area (Å²) in [6.07, 6.45) is -0.149. The van der Waals surface area contributed by atoms with Crippen molar-refractivity contribution in [3.8, 4) is 6.07 Å². The van der Waals surface area contributed by atoms with E-state index in [1.807, 2.05) is 6.07 Å². The van der Waals surface area contributed by atoms with E-state index in [1.54, 1.807) is 13.8 Å². The van der Waals surface area contributed by atoms with Crippen LogP contribution in [0, 0.1) is 11.3 Å². The van der Waals surface area contributed by atoms with Crippen LogP contribution in [-0.2, 0) is 10.3 Å². The highest BCUT2D eigenvalue weighted by atomic mass is 79.9. The summed E-state index contributed by atoms with van der Waals surface area (Å²) < 4.78 is 1.06.